The molecule has 3 aromatic rings. The van der Waals surface area contributed by atoms with Crippen molar-refractivity contribution >= 4 is 40.2 Å². The molecular weight excluding hydrogens is 406 g/mol. The van der Waals surface area contributed by atoms with Crippen LogP contribution in [-0.4, -0.2) is 40.7 Å². The SMILES string of the molecule is CNC(=O)c1ccc2cc(-c3c(Cl)nc(N)nc3N[C@@H]3C[C@H](CO)[C@@H](C)C3)oc2c1. The van der Waals surface area contributed by atoms with E-state index < -0.39 is 0 Å². The van der Waals surface area contributed by atoms with E-state index in [-0.39, 0.29) is 35.6 Å². The van der Waals surface area contributed by atoms with Crippen molar-refractivity contribution in [2.75, 3.05) is 24.7 Å². The molecule has 0 unspecified atom stereocenters. The normalized spacial score (nSPS) is 21.1. The smallest absolute Gasteiger partial charge is 0.251 e. The first-order valence-corrected chi connectivity index (χ1v) is 10.2. The van der Waals surface area contributed by atoms with Gasteiger partial charge in [-0.3, -0.25) is 4.79 Å². The highest BCUT2D eigenvalue weighted by Crippen LogP contribution is 2.39. The molecule has 0 spiro atoms. The molecule has 158 valence electrons. The third kappa shape index (κ3) is 3.80. The van der Waals surface area contributed by atoms with Crippen molar-refractivity contribution in [3.05, 3.63) is 35.0 Å². The minimum Gasteiger partial charge on any atom is -0.456 e. The van der Waals surface area contributed by atoms with Gasteiger partial charge in [0.2, 0.25) is 5.95 Å². The maximum atomic E-state index is 11.9. The Morgan fingerprint density at radius 3 is 2.83 bits per heavy atom. The van der Waals surface area contributed by atoms with Crippen LogP contribution in [0.2, 0.25) is 5.15 Å². The Hall–Kier alpha value is -2.84. The summed E-state index contributed by atoms with van der Waals surface area (Å²) in [5.74, 6) is 1.49. The first-order chi connectivity index (χ1) is 14.4. The Balaban J connectivity index is 1.72. The van der Waals surface area contributed by atoms with Crippen LogP contribution in [0, 0.1) is 11.8 Å². The predicted octanol–water partition coefficient (Wildman–Crippen LogP) is 3.30. The molecule has 2 heterocycles. The zero-order valence-electron chi connectivity index (χ0n) is 16.8. The second-order valence-corrected chi connectivity index (χ2v) is 8.13. The van der Waals surface area contributed by atoms with Gasteiger partial charge < -0.3 is 25.9 Å². The summed E-state index contributed by atoms with van der Waals surface area (Å²) < 4.78 is 6.01. The number of amides is 1. The molecule has 2 aromatic heterocycles. The summed E-state index contributed by atoms with van der Waals surface area (Å²) in [5.41, 5.74) is 7.41. The van der Waals surface area contributed by atoms with E-state index in [0.29, 0.717) is 34.2 Å². The first kappa shape index (κ1) is 20.4. The lowest BCUT2D eigenvalue weighted by Gasteiger charge is -2.16. The fourth-order valence-electron chi connectivity index (χ4n) is 4.11. The summed E-state index contributed by atoms with van der Waals surface area (Å²) in [4.78, 5) is 20.4. The molecule has 4 rings (SSSR count). The number of nitrogens with one attached hydrogen (secondary N) is 2. The lowest BCUT2D eigenvalue weighted by Crippen LogP contribution is -2.18. The van der Waals surface area contributed by atoms with Crippen molar-refractivity contribution in [2.45, 2.75) is 25.8 Å². The number of nitrogens with zero attached hydrogens (tertiary/aromatic N) is 2. The number of hydrogen-bond acceptors (Lipinski definition) is 7. The number of halogens is 1. The maximum Gasteiger partial charge on any atom is 0.251 e. The molecule has 0 saturated heterocycles. The molecule has 0 radical (unpaired) electrons. The van der Waals surface area contributed by atoms with Crippen LogP contribution in [0.25, 0.3) is 22.3 Å². The van der Waals surface area contributed by atoms with Crippen LogP contribution in [-0.2, 0) is 0 Å². The molecule has 1 aromatic carbocycles. The topological polar surface area (TPSA) is 126 Å². The first-order valence-electron chi connectivity index (χ1n) is 9.86. The number of hydrogen-bond donors (Lipinski definition) is 4. The molecule has 1 aliphatic rings. The highest BCUT2D eigenvalue weighted by Gasteiger charge is 2.32. The number of fused-ring (bicyclic) bond motifs is 1. The molecule has 8 nitrogen and oxygen atoms in total. The van der Waals surface area contributed by atoms with Gasteiger partial charge in [-0.15, -0.1) is 0 Å². The fraction of sp³-hybridized carbons (Fsp3) is 0.381. The van der Waals surface area contributed by atoms with Gasteiger partial charge in [0.25, 0.3) is 5.91 Å². The van der Waals surface area contributed by atoms with Crippen LogP contribution in [0.1, 0.15) is 30.1 Å². The van der Waals surface area contributed by atoms with Crippen LogP contribution in [0.3, 0.4) is 0 Å². The highest BCUT2D eigenvalue weighted by atomic mass is 35.5. The van der Waals surface area contributed by atoms with E-state index in [2.05, 4.69) is 27.5 Å². The summed E-state index contributed by atoms with van der Waals surface area (Å²) in [6.07, 6.45) is 1.73. The predicted molar refractivity (Wildman–Crippen MR) is 116 cm³/mol. The van der Waals surface area contributed by atoms with Gasteiger partial charge in [0.05, 0.1) is 5.56 Å². The fourth-order valence-corrected chi connectivity index (χ4v) is 4.38. The van der Waals surface area contributed by atoms with E-state index in [0.717, 1.165) is 18.2 Å². The molecule has 3 atom stereocenters. The van der Waals surface area contributed by atoms with E-state index in [1.54, 1.807) is 19.2 Å². The second kappa shape index (κ2) is 8.12. The number of nitrogen functional groups attached to an aromatic ring is 1. The van der Waals surface area contributed by atoms with Crippen LogP contribution in [0.4, 0.5) is 11.8 Å². The van der Waals surface area contributed by atoms with Gasteiger partial charge in [-0.1, -0.05) is 24.6 Å². The molecule has 1 amide bonds. The van der Waals surface area contributed by atoms with Gasteiger partial charge in [0.15, 0.2) is 0 Å². The standard InChI is InChI=1S/C21H24ClN5O3/c1-10-5-14(6-13(10)9-28)25-19-17(18(22)26-21(23)27-19)16-7-11-3-4-12(20(29)24-2)8-15(11)30-16/h3-4,7-8,10,13-14,28H,5-6,9H2,1-2H3,(H,24,29)(H3,23,25,26,27)/t10-,13+,14-/m0/s1. The van der Waals surface area contributed by atoms with Gasteiger partial charge in [-0.05, 0) is 42.9 Å². The number of carbonyl (C=O) groups excluding carboxylic acids is 1. The third-order valence-electron chi connectivity index (χ3n) is 5.76. The zero-order valence-corrected chi connectivity index (χ0v) is 17.5. The molecule has 9 heteroatoms. The average Bonchev–Trinajstić information content (AvgIpc) is 3.28. The number of aromatic nitrogens is 2. The largest absolute Gasteiger partial charge is 0.456 e. The van der Waals surface area contributed by atoms with Gasteiger partial charge in [0, 0.05) is 30.6 Å². The van der Waals surface area contributed by atoms with Gasteiger partial charge in [-0.2, -0.15) is 4.98 Å². The number of aliphatic hydroxyl groups excluding tert-OH is 1. The Morgan fingerprint density at radius 1 is 1.33 bits per heavy atom. The summed E-state index contributed by atoms with van der Waals surface area (Å²) in [6, 6.07) is 7.20. The van der Waals surface area contributed by atoms with Gasteiger partial charge >= 0.3 is 0 Å². The van der Waals surface area contributed by atoms with Gasteiger partial charge in [0.1, 0.15) is 22.3 Å². The zero-order chi connectivity index (χ0) is 21.4. The van der Waals surface area contributed by atoms with E-state index in [4.69, 9.17) is 21.8 Å². The van der Waals surface area contributed by atoms with Crippen LogP contribution >= 0.6 is 11.6 Å². The number of benzene rings is 1. The van der Waals surface area contributed by atoms with Crippen molar-refractivity contribution < 1.29 is 14.3 Å². The third-order valence-corrected chi connectivity index (χ3v) is 6.04. The highest BCUT2D eigenvalue weighted by molar-refractivity contribution is 6.32. The number of furan rings is 1. The number of aliphatic hydroxyl groups is 1. The van der Waals surface area contributed by atoms with Crippen molar-refractivity contribution in [3.63, 3.8) is 0 Å². The van der Waals surface area contributed by atoms with Crippen LogP contribution < -0.4 is 16.4 Å². The average molecular weight is 430 g/mol. The molecular formula is C21H24ClN5O3. The van der Waals surface area contributed by atoms with Gasteiger partial charge in [-0.25, -0.2) is 4.98 Å². The Labute approximate surface area is 178 Å². The second-order valence-electron chi connectivity index (χ2n) is 7.77. The number of nitrogens with two attached hydrogens (primary N) is 1. The lowest BCUT2D eigenvalue weighted by atomic mass is 10.00. The maximum absolute atomic E-state index is 11.9. The van der Waals surface area contributed by atoms with Crippen molar-refractivity contribution in [1.82, 2.24) is 15.3 Å². The van der Waals surface area contributed by atoms with E-state index in [9.17, 15) is 9.90 Å². The van der Waals surface area contributed by atoms with Crippen molar-refractivity contribution in [1.29, 1.82) is 0 Å². The minimum atomic E-state index is -0.195. The van der Waals surface area contributed by atoms with Crippen molar-refractivity contribution in [3.8, 4) is 11.3 Å². The number of rotatable bonds is 5. The Morgan fingerprint density at radius 2 is 2.13 bits per heavy atom. The monoisotopic (exact) mass is 429 g/mol. The Bertz CT molecular complexity index is 1100. The quantitative estimate of drug-likeness (QED) is 0.458. The van der Waals surface area contributed by atoms with E-state index >= 15 is 0 Å². The molecule has 1 aliphatic carbocycles. The molecule has 1 fully saturated rings. The lowest BCUT2D eigenvalue weighted by molar-refractivity contribution is 0.0963. The molecule has 30 heavy (non-hydrogen) atoms. The number of anilines is 2. The molecule has 5 N–H and O–H groups in total. The minimum absolute atomic E-state index is 0.0639. The summed E-state index contributed by atoms with van der Waals surface area (Å²) in [5, 5.41) is 16.6. The van der Waals surface area contributed by atoms with Crippen molar-refractivity contribution in [2.24, 2.45) is 11.8 Å². The summed E-state index contributed by atoms with van der Waals surface area (Å²) >= 11 is 6.44. The van der Waals surface area contributed by atoms with Crippen LogP contribution in [0.15, 0.2) is 28.7 Å². The molecule has 1 saturated carbocycles. The van der Waals surface area contributed by atoms with Crippen LogP contribution in [0.5, 0.6) is 0 Å². The molecule has 0 aliphatic heterocycles. The van der Waals surface area contributed by atoms with E-state index in [1.165, 1.54) is 0 Å². The number of carbonyl (C=O) groups is 1. The summed E-state index contributed by atoms with van der Waals surface area (Å²) in [7, 11) is 1.58. The molecule has 0 bridgehead atoms. The van der Waals surface area contributed by atoms with E-state index in [1.807, 2.05) is 12.1 Å². The Kier molecular flexibility index (Phi) is 5.53. The summed E-state index contributed by atoms with van der Waals surface area (Å²) in [6.45, 7) is 2.30.